The van der Waals surface area contributed by atoms with Crippen molar-refractivity contribution in [1.29, 1.82) is 0 Å². The molecule has 2 aliphatic heterocycles. The molecule has 0 radical (unpaired) electrons. The largest absolute Gasteiger partial charge is 0.361 e. The Bertz CT molecular complexity index is 1140. The minimum Gasteiger partial charge on any atom is -0.361 e. The molecule has 1 aliphatic carbocycles. The Balaban J connectivity index is 1.08. The number of H-pyrrole nitrogens is 1. The number of likely N-dealkylation sites (tertiary alicyclic amines) is 1. The van der Waals surface area contributed by atoms with E-state index >= 15 is 0 Å². The van der Waals surface area contributed by atoms with Gasteiger partial charge in [0.15, 0.2) is 0 Å². The van der Waals surface area contributed by atoms with Gasteiger partial charge in [0, 0.05) is 61.4 Å². The second-order valence-electron chi connectivity index (χ2n) is 10.8. The van der Waals surface area contributed by atoms with Crippen molar-refractivity contribution in [3.63, 3.8) is 0 Å². The standard InChI is InChI=1S/C30H38N4O/c35-30(34-16-12-24(13-17-34)23-6-2-1-3-7-23)25-10-11-28-26(21-31-29(28)20-25)22-32-14-5-15-33(19-18-32)27-8-4-9-27/h1-3,6-7,10-11,20-21,24,27,31H,4-5,8-9,12-19,22H2. The number of rotatable bonds is 5. The van der Waals surface area contributed by atoms with E-state index in [-0.39, 0.29) is 5.91 Å². The average Bonchev–Trinajstić information content (AvgIpc) is 3.13. The number of nitrogens with zero attached hydrogens (tertiary/aromatic N) is 3. The van der Waals surface area contributed by atoms with Crippen LogP contribution in [0.3, 0.4) is 0 Å². The van der Waals surface area contributed by atoms with Crippen LogP contribution in [0.2, 0.25) is 0 Å². The van der Waals surface area contributed by atoms with E-state index in [2.05, 4.69) is 63.4 Å². The summed E-state index contributed by atoms with van der Waals surface area (Å²) in [5, 5.41) is 1.25. The van der Waals surface area contributed by atoms with Gasteiger partial charge in [-0.05, 0) is 74.4 Å². The normalized spacial score (nSPS) is 21.2. The molecule has 0 spiro atoms. The van der Waals surface area contributed by atoms with Crippen LogP contribution in [0, 0.1) is 0 Å². The van der Waals surface area contributed by atoms with Crippen LogP contribution in [0.25, 0.3) is 10.9 Å². The zero-order valence-corrected chi connectivity index (χ0v) is 20.8. The first kappa shape index (κ1) is 22.8. The number of fused-ring (bicyclic) bond motifs is 1. The fraction of sp³-hybridized carbons (Fsp3) is 0.500. The number of hydrogen-bond donors (Lipinski definition) is 1. The van der Waals surface area contributed by atoms with Crippen molar-refractivity contribution in [3.8, 4) is 0 Å². The highest BCUT2D eigenvalue weighted by molar-refractivity contribution is 5.98. The molecule has 1 aromatic heterocycles. The number of aromatic nitrogens is 1. The Labute approximate surface area is 209 Å². The summed E-state index contributed by atoms with van der Waals surface area (Å²) in [6.45, 7) is 7.43. The van der Waals surface area contributed by atoms with Crippen molar-refractivity contribution >= 4 is 16.8 Å². The van der Waals surface area contributed by atoms with Crippen LogP contribution < -0.4 is 0 Å². The molecule has 3 fully saturated rings. The number of hydrogen-bond acceptors (Lipinski definition) is 3. The summed E-state index contributed by atoms with van der Waals surface area (Å²) >= 11 is 0. The first-order valence-corrected chi connectivity index (χ1v) is 13.7. The monoisotopic (exact) mass is 470 g/mol. The SMILES string of the molecule is O=C(c1ccc2c(CN3CCCN(C4CCC4)CC3)c[nH]c2c1)N1CCC(c2ccccc2)CC1. The molecule has 1 amide bonds. The lowest BCUT2D eigenvalue weighted by atomic mass is 9.89. The molecule has 6 rings (SSSR count). The molecule has 5 heteroatoms. The van der Waals surface area contributed by atoms with E-state index in [1.54, 1.807) is 0 Å². The molecule has 184 valence electrons. The van der Waals surface area contributed by atoms with Crippen molar-refractivity contribution < 1.29 is 4.79 Å². The molecule has 0 bridgehead atoms. The van der Waals surface area contributed by atoms with Crippen molar-refractivity contribution in [2.75, 3.05) is 39.3 Å². The lowest BCUT2D eigenvalue weighted by Gasteiger charge is -2.36. The third-order valence-corrected chi connectivity index (χ3v) is 8.68. The first-order valence-electron chi connectivity index (χ1n) is 13.7. The Morgan fingerprint density at radius 3 is 2.46 bits per heavy atom. The molecule has 1 N–H and O–H groups in total. The van der Waals surface area contributed by atoms with Gasteiger partial charge in [0.1, 0.15) is 0 Å². The van der Waals surface area contributed by atoms with Gasteiger partial charge >= 0.3 is 0 Å². The van der Waals surface area contributed by atoms with Gasteiger partial charge in [-0.15, -0.1) is 0 Å². The number of aromatic amines is 1. The van der Waals surface area contributed by atoms with Crippen molar-refractivity contribution in [3.05, 3.63) is 71.4 Å². The first-order chi connectivity index (χ1) is 17.2. The molecule has 0 atom stereocenters. The summed E-state index contributed by atoms with van der Waals surface area (Å²) in [7, 11) is 0. The van der Waals surface area contributed by atoms with Crippen LogP contribution in [0.1, 0.15) is 65.9 Å². The number of nitrogens with one attached hydrogen (secondary N) is 1. The summed E-state index contributed by atoms with van der Waals surface area (Å²) in [4.78, 5) is 24.1. The van der Waals surface area contributed by atoms with Crippen LogP contribution in [0.5, 0.6) is 0 Å². The predicted molar refractivity (Wildman–Crippen MR) is 142 cm³/mol. The summed E-state index contributed by atoms with van der Waals surface area (Å²) < 4.78 is 0. The Morgan fingerprint density at radius 2 is 1.69 bits per heavy atom. The quantitative estimate of drug-likeness (QED) is 0.554. The van der Waals surface area contributed by atoms with Crippen molar-refractivity contribution in [2.45, 2.75) is 57.0 Å². The number of benzene rings is 2. The van der Waals surface area contributed by atoms with Gasteiger partial charge in [0.05, 0.1) is 0 Å². The maximum Gasteiger partial charge on any atom is 0.253 e. The molecule has 3 aliphatic rings. The van der Waals surface area contributed by atoms with E-state index in [4.69, 9.17) is 0 Å². The van der Waals surface area contributed by atoms with Gasteiger partial charge in [-0.1, -0.05) is 42.8 Å². The van der Waals surface area contributed by atoms with Crippen LogP contribution in [0.15, 0.2) is 54.7 Å². The van der Waals surface area contributed by atoms with E-state index in [0.29, 0.717) is 5.92 Å². The highest BCUT2D eigenvalue weighted by Crippen LogP contribution is 2.30. The molecule has 3 aromatic rings. The minimum absolute atomic E-state index is 0.165. The highest BCUT2D eigenvalue weighted by Gasteiger charge is 2.27. The van der Waals surface area contributed by atoms with E-state index in [1.807, 2.05) is 11.0 Å². The lowest BCUT2D eigenvalue weighted by Crippen LogP contribution is -2.42. The van der Waals surface area contributed by atoms with E-state index < -0.39 is 0 Å². The summed E-state index contributed by atoms with van der Waals surface area (Å²) in [5.41, 5.74) is 4.63. The molecular weight excluding hydrogens is 432 g/mol. The van der Waals surface area contributed by atoms with Crippen LogP contribution in [-0.2, 0) is 6.54 Å². The van der Waals surface area contributed by atoms with E-state index in [9.17, 15) is 4.79 Å². The zero-order valence-electron chi connectivity index (χ0n) is 20.8. The van der Waals surface area contributed by atoms with Gasteiger partial charge in [0.25, 0.3) is 5.91 Å². The Morgan fingerprint density at radius 1 is 0.857 bits per heavy atom. The summed E-state index contributed by atoms with van der Waals surface area (Å²) in [5.74, 6) is 0.728. The van der Waals surface area contributed by atoms with E-state index in [0.717, 1.165) is 56.1 Å². The second kappa shape index (κ2) is 10.2. The second-order valence-corrected chi connectivity index (χ2v) is 10.8. The maximum absolute atomic E-state index is 13.3. The topological polar surface area (TPSA) is 42.6 Å². The zero-order chi connectivity index (χ0) is 23.6. The van der Waals surface area contributed by atoms with Gasteiger partial charge in [0.2, 0.25) is 0 Å². The smallest absolute Gasteiger partial charge is 0.253 e. The van der Waals surface area contributed by atoms with Crippen LogP contribution in [0.4, 0.5) is 0 Å². The average molecular weight is 471 g/mol. The molecular formula is C30H38N4O. The Kier molecular flexibility index (Phi) is 6.62. The third-order valence-electron chi connectivity index (χ3n) is 8.68. The highest BCUT2D eigenvalue weighted by atomic mass is 16.2. The number of carbonyl (C=O) groups excluding carboxylic acids is 1. The number of piperidine rings is 1. The molecule has 35 heavy (non-hydrogen) atoms. The van der Waals surface area contributed by atoms with Crippen molar-refractivity contribution in [1.82, 2.24) is 19.7 Å². The van der Waals surface area contributed by atoms with Crippen LogP contribution >= 0.6 is 0 Å². The fourth-order valence-electron chi connectivity index (χ4n) is 6.28. The molecule has 3 heterocycles. The molecule has 1 saturated carbocycles. The number of amides is 1. The van der Waals surface area contributed by atoms with Crippen molar-refractivity contribution in [2.24, 2.45) is 0 Å². The van der Waals surface area contributed by atoms with Crippen LogP contribution in [-0.4, -0.2) is 70.9 Å². The Hall–Kier alpha value is -2.63. The molecule has 0 unspecified atom stereocenters. The molecule has 5 nitrogen and oxygen atoms in total. The van der Waals surface area contributed by atoms with Gasteiger partial charge < -0.3 is 9.88 Å². The number of carbonyl (C=O) groups is 1. The third kappa shape index (κ3) is 4.89. The lowest BCUT2D eigenvalue weighted by molar-refractivity contribution is 0.0713. The summed E-state index contributed by atoms with van der Waals surface area (Å²) in [6, 6.07) is 17.8. The van der Waals surface area contributed by atoms with Gasteiger partial charge in [-0.3, -0.25) is 14.6 Å². The fourth-order valence-corrected chi connectivity index (χ4v) is 6.28. The van der Waals surface area contributed by atoms with Gasteiger partial charge in [-0.25, -0.2) is 0 Å². The van der Waals surface area contributed by atoms with E-state index in [1.165, 1.54) is 61.8 Å². The molecule has 2 saturated heterocycles. The van der Waals surface area contributed by atoms with Gasteiger partial charge in [-0.2, -0.15) is 0 Å². The molecule has 2 aromatic carbocycles. The predicted octanol–water partition coefficient (Wildman–Crippen LogP) is 5.25. The summed E-state index contributed by atoms with van der Waals surface area (Å²) in [6.07, 6.45) is 9.70. The maximum atomic E-state index is 13.3. The minimum atomic E-state index is 0.165.